The third-order valence-electron chi connectivity index (χ3n) is 1.51. The highest BCUT2D eigenvalue weighted by Gasteiger charge is 2.31. The maximum Gasteiger partial charge on any atom is 0.573 e. The molecular formula is C8H8F3NO2. The largest absolute Gasteiger partial charge is 0.573 e. The summed E-state index contributed by atoms with van der Waals surface area (Å²) in [4.78, 5) is 0. The number of halogens is 3. The molecule has 0 saturated carbocycles. The van der Waals surface area contributed by atoms with Gasteiger partial charge in [0, 0.05) is 18.2 Å². The summed E-state index contributed by atoms with van der Waals surface area (Å²) in [7, 11) is 0. The first-order valence-electron chi connectivity index (χ1n) is 3.70. The first kappa shape index (κ1) is 10.6. The summed E-state index contributed by atoms with van der Waals surface area (Å²) >= 11 is 0. The molecule has 3 N–H and O–H groups in total. The van der Waals surface area contributed by atoms with Crippen LogP contribution in [0.3, 0.4) is 0 Å². The number of hydrogen-bond donors (Lipinski definition) is 2. The standard InChI is InChI=1S/C8H8F3NO2/c9-8(10,11)14-6-2-1-5(4-12)7(13)3-6/h1-3,13H,4,12H2. The van der Waals surface area contributed by atoms with Crippen molar-refractivity contribution >= 4 is 0 Å². The van der Waals surface area contributed by atoms with E-state index in [1.165, 1.54) is 6.07 Å². The first-order valence-corrected chi connectivity index (χ1v) is 3.70. The number of ether oxygens (including phenoxy) is 1. The van der Waals surface area contributed by atoms with Gasteiger partial charge in [0.2, 0.25) is 0 Å². The highest BCUT2D eigenvalue weighted by molar-refractivity contribution is 5.39. The zero-order chi connectivity index (χ0) is 10.8. The van der Waals surface area contributed by atoms with Gasteiger partial charge in [-0.05, 0) is 6.07 Å². The molecule has 0 heterocycles. The molecule has 0 aliphatic rings. The average molecular weight is 207 g/mol. The fourth-order valence-corrected chi connectivity index (χ4v) is 0.913. The highest BCUT2D eigenvalue weighted by Crippen LogP contribution is 2.27. The molecular weight excluding hydrogens is 199 g/mol. The molecule has 1 rings (SSSR count). The van der Waals surface area contributed by atoms with Gasteiger partial charge in [-0.1, -0.05) is 6.07 Å². The van der Waals surface area contributed by atoms with Gasteiger partial charge in [0.1, 0.15) is 11.5 Å². The van der Waals surface area contributed by atoms with E-state index in [0.717, 1.165) is 12.1 Å². The molecule has 3 nitrogen and oxygen atoms in total. The zero-order valence-corrected chi connectivity index (χ0v) is 7.01. The van der Waals surface area contributed by atoms with Gasteiger partial charge >= 0.3 is 6.36 Å². The van der Waals surface area contributed by atoms with E-state index in [2.05, 4.69) is 4.74 Å². The van der Waals surface area contributed by atoms with Gasteiger partial charge in [-0.3, -0.25) is 0 Å². The number of phenols is 1. The smallest absolute Gasteiger partial charge is 0.507 e. The number of benzene rings is 1. The van der Waals surface area contributed by atoms with Crippen molar-refractivity contribution in [2.75, 3.05) is 0 Å². The van der Waals surface area contributed by atoms with E-state index >= 15 is 0 Å². The number of nitrogens with two attached hydrogens (primary N) is 1. The molecule has 0 atom stereocenters. The molecule has 14 heavy (non-hydrogen) atoms. The minimum Gasteiger partial charge on any atom is -0.507 e. The van der Waals surface area contributed by atoms with Crippen LogP contribution in [0.5, 0.6) is 11.5 Å². The second-order valence-electron chi connectivity index (χ2n) is 2.54. The Kier molecular flexibility index (Phi) is 2.85. The van der Waals surface area contributed by atoms with Crippen LogP contribution in [0.25, 0.3) is 0 Å². The normalized spacial score (nSPS) is 11.4. The Hall–Kier alpha value is -1.43. The summed E-state index contributed by atoms with van der Waals surface area (Å²) in [5, 5.41) is 9.16. The fourth-order valence-electron chi connectivity index (χ4n) is 0.913. The summed E-state index contributed by atoms with van der Waals surface area (Å²) in [6.45, 7) is 0.0537. The Morgan fingerprint density at radius 3 is 2.43 bits per heavy atom. The monoisotopic (exact) mass is 207 g/mol. The Balaban J connectivity index is 2.87. The molecule has 0 spiro atoms. The van der Waals surface area contributed by atoms with Crippen molar-refractivity contribution < 1.29 is 23.0 Å². The predicted molar refractivity (Wildman–Crippen MR) is 42.7 cm³/mol. The molecule has 0 aliphatic carbocycles. The van der Waals surface area contributed by atoms with Crippen molar-refractivity contribution in [3.63, 3.8) is 0 Å². The SMILES string of the molecule is NCc1ccc(OC(F)(F)F)cc1O. The van der Waals surface area contributed by atoms with E-state index in [4.69, 9.17) is 10.8 Å². The molecule has 0 aromatic heterocycles. The highest BCUT2D eigenvalue weighted by atomic mass is 19.4. The van der Waals surface area contributed by atoms with Crippen LogP contribution < -0.4 is 10.5 Å². The van der Waals surface area contributed by atoms with Gasteiger partial charge in [-0.25, -0.2) is 0 Å². The Morgan fingerprint density at radius 1 is 1.36 bits per heavy atom. The van der Waals surface area contributed by atoms with Crippen LogP contribution in [0.1, 0.15) is 5.56 Å². The van der Waals surface area contributed by atoms with E-state index < -0.39 is 12.1 Å². The van der Waals surface area contributed by atoms with Crippen LogP contribution in [0, 0.1) is 0 Å². The Labute approximate surface area is 77.9 Å². The third-order valence-corrected chi connectivity index (χ3v) is 1.51. The summed E-state index contributed by atoms with van der Waals surface area (Å²) in [6, 6.07) is 3.24. The van der Waals surface area contributed by atoms with Gasteiger partial charge in [0.05, 0.1) is 0 Å². The zero-order valence-electron chi connectivity index (χ0n) is 7.01. The van der Waals surface area contributed by atoms with E-state index in [1.54, 1.807) is 0 Å². The molecule has 1 aromatic rings. The van der Waals surface area contributed by atoms with E-state index in [9.17, 15) is 13.2 Å². The van der Waals surface area contributed by atoms with Crippen molar-refractivity contribution in [1.29, 1.82) is 0 Å². The van der Waals surface area contributed by atoms with E-state index in [-0.39, 0.29) is 12.3 Å². The average Bonchev–Trinajstić information content (AvgIpc) is 2.01. The Bertz CT molecular complexity index is 325. The first-order chi connectivity index (χ1) is 6.42. The molecule has 0 bridgehead atoms. The summed E-state index contributed by atoms with van der Waals surface area (Å²) in [5.74, 6) is -0.776. The number of alkyl halides is 3. The van der Waals surface area contributed by atoms with Crippen LogP contribution >= 0.6 is 0 Å². The molecule has 0 amide bonds. The van der Waals surface area contributed by atoms with Crippen molar-refractivity contribution in [2.45, 2.75) is 12.9 Å². The van der Waals surface area contributed by atoms with Crippen molar-refractivity contribution in [3.8, 4) is 11.5 Å². The molecule has 0 fully saturated rings. The maximum atomic E-state index is 11.7. The second-order valence-corrected chi connectivity index (χ2v) is 2.54. The van der Waals surface area contributed by atoms with Gasteiger partial charge < -0.3 is 15.6 Å². The number of rotatable bonds is 2. The number of phenolic OH excluding ortho intramolecular Hbond substituents is 1. The number of hydrogen-bond acceptors (Lipinski definition) is 3. The maximum absolute atomic E-state index is 11.7. The van der Waals surface area contributed by atoms with Crippen molar-refractivity contribution in [2.24, 2.45) is 5.73 Å². The molecule has 6 heteroatoms. The third kappa shape index (κ3) is 2.81. The lowest BCUT2D eigenvalue weighted by Gasteiger charge is -2.09. The minimum atomic E-state index is -4.75. The molecule has 1 aromatic carbocycles. The van der Waals surface area contributed by atoms with Crippen LogP contribution in [-0.2, 0) is 6.54 Å². The summed E-state index contributed by atoms with van der Waals surface area (Å²) < 4.78 is 38.8. The number of aromatic hydroxyl groups is 1. The van der Waals surface area contributed by atoms with Gasteiger partial charge in [-0.15, -0.1) is 13.2 Å². The lowest BCUT2D eigenvalue weighted by Crippen LogP contribution is -2.17. The van der Waals surface area contributed by atoms with Crippen molar-refractivity contribution in [3.05, 3.63) is 23.8 Å². The lowest BCUT2D eigenvalue weighted by atomic mass is 10.2. The van der Waals surface area contributed by atoms with E-state index in [1.807, 2.05) is 0 Å². The lowest BCUT2D eigenvalue weighted by molar-refractivity contribution is -0.274. The predicted octanol–water partition coefficient (Wildman–Crippen LogP) is 1.75. The van der Waals surface area contributed by atoms with Gasteiger partial charge in [0.25, 0.3) is 0 Å². The van der Waals surface area contributed by atoms with Crippen LogP contribution in [0.4, 0.5) is 13.2 Å². The molecule has 78 valence electrons. The molecule has 0 unspecified atom stereocenters. The van der Waals surface area contributed by atoms with Gasteiger partial charge in [-0.2, -0.15) is 0 Å². The Morgan fingerprint density at radius 2 is 2.00 bits per heavy atom. The van der Waals surface area contributed by atoms with E-state index in [0.29, 0.717) is 5.56 Å². The minimum absolute atomic E-state index is 0.0537. The fraction of sp³-hybridized carbons (Fsp3) is 0.250. The summed E-state index contributed by atoms with van der Waals surface area (Å²) in [6.07, 6.45) is -4.75. The van der Waals surface area contributed by atoms with Crippen LogP contribution in [0.15, 0.2) is 18.2 Å². The van der Waals surface area contributed by atoms with Crippen LogP contribution in [-0.4, -0.2) is 11.5 Å². The quantitative estimate of drug-likeness (QED) is 0.776. The molecule has 0 radical (unpaired) electrons. The van der Waals surface area contributed by atoms with Crippen LogP contribution in [0.2, 0.25) is 0 Å². The van der Waals surface area contributed by atoms with Crippen molar-refractivity contribution in [1.82, 2.24) is 0 Å². The topological polar surface area (TPSA) is 55.5 Å². The molecule has 0 aliphatic heterocycles. The molecule has 0 saturated heterocycles. The second kappa shape index (κ2) is 3.75. The summed E-state index contributed by atoms with van der Waals surface area (Å²) in [5.41, 5.74) is 5.57. The van der Waals surface area contributed by atoms with Gasteiger partial charge in [0.15, 0.2) is 0 Å².